The van der Waals surface area contributed by atoms with Crippen LogP contribution in [0.15, 0.2) is 24.3 Å². The van der Waals surface area contributed by atoms with Gasteiger partial charge in [0.05, 0.1) is 19.2 Å². The smallest absolute Gasteiger partial charge is 0.238 e. The number of hydrogen-bond acceptors (Lipinski definition) is 6. The van der Waals surface area contributed by atoms with Crippen molar-refractivity contribution >= 4 is 17.4 Å². The van der Waals surface area contributed by atoms with Gasteiger partial charge in [0, 0.05) is 43.6 Å². The highest BCUT2D eigenvalue weighted by molar-refractivity contribution is 5.92. The normalized spacial score (nSPS) is 15.9. The topological polar surface area (TPSA) is 81.5 Å². The molecule has 1 aliphatic heterocycles. The molecule has 4 rings (SSSR count). The van der Waals surface area contributed by atoms with Crippen molar-refractivity contribution in [1.82, 2.24) is 9.88 Å². The lowest BCUT2D eigenvalue weighted by molar-refractivity contribution is -0.117. The number of carbonyl (C=O) groups is 1. The van der Waals surface area contributed by atoms with Crippen molar-refractivity contribution in [3.63, 3.8) is 0 Å². The van der Waals surface area contributed by atoms with Crippen LogP contribution < -0.4 is 15.0 Å². The monoisotopic (exact) mass is 447 g/mol. The Kier molecular flexibility index (Phi) is 7.14. The molecule has 33 heavy (non-hydrogen) atoms. The van der Waals surface area contributed by atoms with Crippen molar-refractivity contribution in [2.45, 2.75) is 39.5 Å². The lowest BCUT2D eigenvalue weighted by atomic mass is 9.97. The number of hydrogen-bond donors (Lipinski definition) is 1. The minimum atomic E-state index is -0.0377. The van der Waals surface area contributed by atoms with E-state index in [0.717, 1.165) is 68.9 Å². The van der Waals surface area contributed by atoms with Crippen LogP contribution in [-0.2, 0) is 24.1 Å². The molecule has 7 heteroatoms. The van der Waals surface area contributed by atoms with Crippen LogP contribution >= 0.6 is 0 Å². The predicted molar refractivity (Wildman–Crippen MR) is 130 cm³/mol. The van der Waals surface area contributed by atoms with E-state index in [9.17, 15) is 10.1 Å². The van der Waals surface area contributed by atoms with Gasteiger partial charge in [-0.3, -0.25) is 9.69 Å². The van der Waals surface area contributed by atoms with Gasteiger partial charge in [-0.15, -0.1) is 0 Å². The molecule has 0 spiro atoms. The van der Waals surface area contributed by atoms with E-state index in [1.165, 1.54) is 16.8 Å². The van der Waals surface area contributed by atoms with Crippen molar-refractivity contribution in [3.8, 4) is 11.8 Å². The Bertz CT molecular complexity index is 1050. The number of benzene rings is 1. The summed E-state index contributed by atoms with van der Waals surface area (Å²) in [7, 11) is 1.61. The van der Waals surface area contributed by atoms with Crippen molar-refractivity contribution in [2.75, 3.05) is 50.1 Å². The summed E-state index contributed by atoms with van der Waals surface area (Å²) in [4.78, 5) is 22.0. The summed E-state index contributed by atoms with van der Waals surface area (Å²) >= 11 is 0. The number of pyridine rings is 1. The van der Waals surface area contributed by atoms with Crippen LogP contribution in [0.5, 0.6) is 5.75 Å². The van der Waals surface area contributed by atoms with Crippen LogP contribution in [-0.4, -0.2) is 55.6 Å². The van der Waals surface area contributed by atoms with Gasteiger partial charge in [0.25, 0.3) is 0 Å². The second kappa shape index (κ2) is 10.2. The van der Waals surface area contributed by atoms with Crippen LogP contribution in [0.1, 0.15) is 42.7 Å². The van der Waals surface area contributed by atoms with E-state index in [2.05, 4.69) is 35.0 Å². The summed E-state index contributed by atoms with van der Waals surface area (Å²) in [6.45, 7) is 7.81. The fourth-order valence-electron chi connectivity index (χ4n) is 4.85. The summed E-state index contributed by atoms with van der Waals surface area (Å²) in [5.74, 6) is 2.05. The highest BCUT2D eigenvalue weighted by Crippen LogP contribution is 2.34. The Labute approximate surface area is 196 Å². The molecule has 1 aliphatic carbocycles. The predicted octanol–water partition coefficient (Wildman–Crippen LogP) is 3.41. The molecule has 1 aromatic heterocycles. The molecule has 1 aromatic carbocycles. The molecule has 174 valence electrons. The second-order valence-electron chi connectivity index (χ2n) is 9.32. The zero-order valence-corrected chi connectivity index (χ0v) is 19.9. The molecule has 0 atom stereocenters. The first-order valence-electron chi connectivity index (χ1n) is 11.8. The Morgan fingerprint density at radius 3 is 2.67 bits per heavy atom. The van der Waals surface area contributed by atoms with Gasteiger partial charge in [-0.05, 0) is 54.9 Å². The van der Waals surface area contributed by atoms with Gasteiger partial charge in [0.2, 0.25) is 5.91 Å². The first-order chi connectivity index (χ1) is 16.0. The number of anilines is 2. The fraction of sp³-hybridized carbons (Fsp3) is 0.500. The number of rotatable bonds is 7. The molecule has 1 saturated heterocycles. The van der Waals surface area contributed by atoms with Crippen molar-refractivity contribution in [1.29, 1.82) is 5.26 Å². The number of fused-ring (bicyclic) bond motifs is 1. The van der Waals surface area contributed by atoms with E-state index in [4.69, 9.17) is 9.72 Å². The Morgan fingerprint density at radius 1 is 1.21 bits per heavy atom. The summed E-state index contributed by atoms with van der Waals surface area (Å²) < 4.78 is 5.22. The van der Waals surface area contributed by atoms with Crippen LogP contribution in [0, 0.1) is 17.2 Å². The number of nitrogens with one attached hydrogen (secondary N) is 1. The quantitative estimate of drug-likeness (QED) is 0.701. The second-order valence-corrected chi connectivity index (χ2v) is 9.32. The van der Waals surface area contributed by atoms with Gasteiger partial charge in [-0.1, -0.05) is 19.9 Å². The molecule has 0 bridgehead atoms. The zero-order chi connectivity index (χ0) is 23.4. The maximum Gasteiger partial charge on any atom is 0.238 e. The largest absolute Gasteiger partial charge is 0.497 e. The van der Waals surface area contributed by atoms with E-state index in [0.29, 0.717) is 18.2 Å². The van der Waals surface area contributed by atoms with Gasteiger partial charge < -0.3 is 15.0 Å². The third-order valence-corrected chi connectivity index (χ3v) is 6.44. The van der Waals surface area contributed by atoms with E-state index < -0.39 is 0 Å². The maximum atomic E-state index is 12.5. The third kappa shape index (κ3) is 5.28. The molecular weight excluding hydrogens is 414 g/mol. The van der Waals surface area contributed by atoms with Crippen molar-refractivity contribution in [3.05, 3.63) is 46.6 Å². The fourth-order valence-corrected chi connectivity index (χ4v) is 4.85. The first kappa shape index (κ1) is 23.1. The molecule has 1 N–H and O–H groups in total. The highest BCUT2D eigenvalue weighted by atomic mass is 16.5. The molecule has 2 heterocycles. The number of nitrogens with zero attached hydrogens (tertiary/aromatic N) is 4. The zero-order valence-electron chi connectivity index (χ0n) is 19.9. The summed E-state index contributed by atoms with van der Waals surface area (Å²) in [6.07, 6.45) is 4.07. The van der Waals surface area contributed by atoms with Crippen LogP contribution in [0.3, 0.4) is 0 Å². The molecule has 0 saturated carbocycles. The molecule has 1 fully saturated rings. The summed E-state index contributed by atoms with van der Waals surface area (Å²) in [5.41, 5.74) is 5.21. The Morgan fingerprint density at radius 2 is 1.97 bits per heavy atom. The molecule has 2 aromatic rings. The molecule has 0 radical (unpaired) electrons. The first-order valence-corrected chi connectivity index (χ1v) is 11.8. The minimum Gasteiger partial charge on any atom is -0.497 e. The summed E-state index contributed by atoms with van der Waals surface area (Å²) in [6, 6.07) is 9.84. The highest BCUT2D eigenvalue weighted by Gasteiger charge is 2.28. The maximum absolute atomic E-state index is 12.5. The molecule has 7 nitrogen and oxygen atoms in total. The Balaban J connectivity index is 1.41. The molecule has 2 aliphatic rings. The number of nitriles is 1. The van der Waals surface area contributed by atoms with Gasteiger partial charge >= 0.3 is 0 Å². The van der Waals surface area contributed by atoms with Gasteiger partial charge in [-0.25, -0.2) is 4.98 Å². The van der Waals surface area contributed by atoms with E-state index in [1.807, 2.05) is 24.3 Å². The van der Waals surface area contributed by atoms with E-state index in [-0.39, 0.29) is 5.91 Å². The van der Waals surface area contributed by atoms with Crippen molar-refractivity contribution < 1.29 is 9.53 Å². The van der Waals surface area contributed by atoms with Gasteiger partial charge in [0.1, 0.15) is 17.6 Å². The lowest BCUT2D eigenvalue weighted by Gasteiger charge is -2.36. The lowest BCUT2D eigenvalue weighted by Crippen LogP contribution is -2.49. The third-order valence-electron chi connectivity index (χ3n) is 6.44. The van der Waals surface area contributed by atoms with Crippen molar-refractivity contribution in [2.24, 2.45) is 5.92 Å². The number of methoxy groups -OCH3 is 1. The number of amides is 1. The standard InChI is InChI=1S/C26H33N5O2/c1-18(2)14-24-22-9-5-8-21(22)23(16-27)26(29-24)31-12-10-30(11-13-31)17-25(32)28-19-6-4-7-20(15-19)33-3/h4,6-7,15,18H,5,8-14,17H2,1-3H3,(H,28,32). The average molecular weight is 448 g/mol. The van der Waals surface area contributed by atoms with Crippen LogP contribution in [0.4, 0.5) is 11.5 Å². The molecule has 0 unspecified atom stereocenters. The van der Waals surface area contributed by atoms with E-state index in [1.54, 1.807) is 7.11 Å². The average Bonchev–Trinajstić information content (AvgIpc) is 3.29. The van der Waals surface area contributed by atoms with Gasteiger partial charge in [0.15, 0.2) is 0 Å². The minimum absolute atomic E-state index is 0.0377. The number of aromatic nitrogens is 1. The number of carbonyl (C=O) groups excluding carboxylic acids is 1. The Hall–Kier alpha value is -3.11. The van der Waals surface area contributed by atoms with Crippen LogP contribution in [0.25, 0.3) is 0 Å². The summed E-state index contributed by atoms with van der Waals surface area (Å²) in [5, 5.41) is 12.9. The molecular formula is C26H33N5O2. The van der Waals surface area contributed by atoms with Gasteiger partial charge in [-0.2, -0.15) is 5.26 Å². The van der Waals surface area contributed by atoms with Crippen LogP contribution in [0.2, 0.25) is 0 Å². The molecule has 1 amide bonds. The number of piperazine rings is 1. The SMILES string of the molecule is COc1cccc(NC(=O)CN2CCN(c3nc(CC(C)C)c4c(c3C#N)CCC4)CC2)c1. The number of ether oxygens (including phenoxy) is 1. The van der Waals surface area contributed by atoms with E-state index >= 15 is 0 Å².